The van der Waals surface area contributed by atoms with Gasteiger partial charge in [-0.25, -0.2) is 0 Å². The highest BCUT2D eigenvalue weighted by Gasteiger charge is 2.13. The Labute approximate surface area is 77.6 Å². The lowest BCUT2D eigenvalue weighted by Gasteiger charge is -2.13. The Morgan fingerprint density at radius 1 is 1.54 bits per heavy atom. The van der Waals surface area contributed by atoms with Gasteiger partial charge in [0.05, 0.1) is 13.7 Å². The maximum Gasteiger partial charge on any atom is 0.164 e. The summed E-state index contributed by atoms with van der Waals surface area (Å²) in [5, 5.41) is 18.3. The average Bonchev–Trinajstić information content (AvgIpc) is 2.16. The molecular formula is C10H13O3. The Kier molecular flexibility index (Phi) is 3.14. The highest BCUT2D eigenvalue weighted by Crippen LogP contribution is 2.33. The largest absolute Gasteiger partial charge is 0.504 e. The van der Waals surface area contributed by atoms with Crippen molar-refractivity contribution in [3.63, 3.8) is 0 Å². The standard InChI is InChI=1S/C10H13O3/c1-7(6-11)8-4-3-5-9(12)10(8)13-2/h3-5,7,11-12H,1,6H2,2H3. The molecule has 0 heterocycles. The highest BCUT2D eigenvalue weighted by atomic mass is 16.5. The lowest BCUT2D eigenvalue weighted by atomic mass is 10.0. The highest BCUT2D eigenvalue weighted by molar-refractivity contribution is 5.47. The molecule has 0 aliphatic heterocycles. The molecule has 1 aromatic rings. The van der Waals surface area contributed by atoms with E-state index < -0.39 is 0 Å². The molecule has 0 amide bonds. The van der Waals surface area contributed by atoms with E-state index in [2.05, 4.69) is 6.92 Å². The molecule has 1 unspecified atom stereocenters. The van der Waals surface area contributed by atoms with Crippen molar-refractivity contribution in [2.24, 2.45) is 0 Å². The zero-order chi connectivity index (χ0) is 9.84. The van der Waals surface area contributed by atoms with E-state index in [9.17, 15) is 5.11 Å². The molecule has 0 bridgehead atoms. The van der Waals surface area contributed by atoms with Gasteiger partial charge in [-0.15, -0.1) is 0 Å². The van der Waals surface area contributed by atoms with Crippen molar-refractivity contribution in [1.29, 1.82) is 0 Å². The van der Waals surface area contributed by atoms with Gasteiger partial charge >= 0.3 is 0 Å². The van der Waals surface area contributed by atoms with Gasteiger partial charge in [0.2, 0.25) is 0 Å². The number of aromatic hydroxyl groups is 1. The number of benzene rings is 1. The number of phenolic OH excluding ortho intramolecular Hbond substituents is 1. The van der Waals surface area contributed by atoms with Gasteiger partial charge in [-0.3, -0.25) is 0 Å². The fourth-order valence-corrected chi connectivity index (χ4v) is 1.18. The second kappa shape index (κ2) is 4.14. The predicted molar refractivity (Wildman–Crippen MR) is 49.8 cm³/mol. The van der Waals surface area contributed by atoms with Crippen molar-refractivity contribution in [2.75, 3.05) is 13.7 Å². The predicted octanol–water partition coefficient (Wildman–Crippen LogP) is 1.31. The number of aliphatic hydroxyl groups excluding tert-OH is 1. The zero-order valence-electron chi connectivity index (χ0n) is 7.53. The minimum atomic E-state index is -0.276. The third-order valence-electron chi connectivity index (χ3n) is 1.89. The number of ether oxygens (including phenoxy) is 1. The molecule has 0 saturated heterocycles. The summed E-state index contributed by atoms with van der Waals surface area (Å²) in [5.74, 6) is 0.181. The van der Waals surface area contributed by atoms with E-state index >= 15 is 0 Å². The van der Waals surface area contributed by atoms with E-state index in [0.29, 0.717) is 11.3 Å². The van der Waals surface area contributed by atoms with Crippen molar-refractivity contribution < 1.29 is 14.9 Å². The summed E-state index contributed by atoms with van der Waals surface area (Å²) in [7, 11) is 1.47. The summed E-state index contributed by atoms with van der Waals surface area (Å²) >= 11 is 0. The van der Waals surface area contributed by atoms with Crippen LogP contribution in [0.1, 0.15) is 11.5 Å². The van der Waals surface area contributed by atoms with Gasteiger partial charge in [-0.2, -0.15) is 0 Å². The lowest BCUT2D eigenvalue weighted by Crippen LogP contribution is -2.01. The topological polar surface area (TPSA) is 49.7 Å². The molecule has 0 spiro atoms. The fourth-order valence-electron chi connectivity index (χ4n) is 1.18. The zero-order valence-corrected chi connectivity index (χ0v) is 7.53. The molecule has 3 nitrogen and oxygen atoms in total. The first-order chi connectivity index (χ1) is 6.20. The summed E-state index contributed by atoms with van der Waals surface area (Å²) in [5.41, 5.74) is 0.713. The average molecular weight is 181 g/mol. The molecule has 3 heteroatoms. The minimum Gasteiger partial charge on any atom is -0.504 e. The molecule has 1 aromatic carbocycles. The van der Waals surface area contributed by atoms with E-state index in [4.69, 9.17) is 9.84 Å². The van der Waals surface area contributed by atoms with Gasteiger partial charge in [0.25, 0.3) is 0 Å². The van der Waals surface area contributed by atoms with Crippen LogP contribution in [0.5, 0.6) is 11.5 Å². The molecular weight excluding hydrogens is 168 g/mol. The van der Waals surface area contributed by atoms with Gasteiger partial charge in [0.1, 0.15) is 0 Å². The van der Waals surface area contributed by atoms with Crippen LogP contribution < -0.4 is 4.74 Å². The van der Waals surface area contributed by atoms with E-state index in [1.807, 2.05) is 0 Å². The molecule has 1 atom stereocenters. The minimum absolute atomic E-state index is 0.0696. The summed E-state index contributed by atoms with van der Waals surface area (Å²) < 4.78 is 5.00. The van der Waals surface area contributed by atoms with E-state index in [1.54, 1.807) is 12.1 Å². The molecule has 0 aromatic heterocycles. The monoisotopic (exact) mass is 181 g/mol. The number of methoxy groups -OCH3 is 1. The smallest absolute Gasteiger partial charge is 0.164 e. The van der Waals surface area contributed by atoms with Crippen LogP contribution in [0.25, 0.3) is 0 Å². The van der Waals surface area contributed by atoms with E-state index in [1.165, 1.54) is 13.2 Å². The first kappa shape index (κ1) is 9.86. The second-order valence-corrected chi connectivity index (χ2v) is 2.78. The van der Waals surface area contributed by atoms with E-state index in [-0.39, 0.29) is 18.3 Å². The summed E-state index contributed by atoms with van der Waals surface area (Å²) in [6, 6.07) is 5.00. The summed E-state index contributed by atoms with van der Waals surface area (Å²) in [6.45, 7) is 3.67. The summed E-state index contributed by atoms with van der Waals surface area (Å²) in [6.07, 6.45) is 0. The quantitative estimate of drug-likeness (QED) is 0.739. The maximum absolute atomic E-state index is 9.40. The van der Waals surface area contributed by atoms with Crippen LogP contribution in [-0.4, -0.2) is 23.9 Å². The molecule has 2 N–H and O–H groups in total. The van der Waals surface area contributed by atoms with Crippen LogP contribution in [-0.2, 0) is 0 Å². The van der Waals surface area contributed by atoms with E-state index in [0.717, 1.165) is 0 Å². The van der Waals surface area contributed by atoms with Crippen molar-refractivity contribution in [2.45, 2.75) is 5.92 Å². The Hall–Kier alpha value is -1.22. The van der Waals surface area contributed by atoms with Gasteiger partial charge < -0.3 is 14.9 Å². The number of hydrogen-bond acceptors (Lipinski definition) is 3. The van der Waals surface area contributed by atoms with Crippen LogP contribution in [0.3, 0.4) is 0 Å². The molecule has 71 valence electrons. The Bertz CT molecular complexity index is 283. The van der Waals surface area contributed by atoms with Gasteiger partial charge in [0.15, 0.2) is 11.5 Å². The Morgan fingerprint density at radius 2 is 2.23 bits per heavy atom. The van der Waals surface area contributed by atoms with Crippen LogP contribution in [0.4, 0.5) is 0 Å². The van der Waals surface area contributed by atoms with Crippen LogP contribution in [0.2, 0.25) is 0 Å². The van der Waals surface area contributed by atoms with Crippen LogP contribution >= 0.6 is 0 Å². The Balaban J connectivity index is 3.12. The summed E-state index contributed by atoms with van der Waals surface area (Å²) in [4.78, 5) is 0. The maximum atomic E-state index is 9.40. The number of aliphatic hydroxyl groups is 1. The van der Waals surface area contributed by atoms with Gasteiger partial charge in [-0.1, -0.05) is 12.1 Å². The number of para-hydroxylation sites is 1. The first-order valence-corrected chi connectivity index (χ1v) is 4.00. The SMILES string of the molecule is [CH2]C(CO)c1cccc(O)c1OC. The fraction of sp³-hybridized carbons (Fsp3) is 0.300. The molecule has 0 aliphatic rings. The molecule has 1 rings (SSSR count). The van der Waals surface area contributed by atoms with Crippen LogP contribution in [0.15, 0.2) is 18.2 Å². The van der Waals surface area contributed by atoms with Crippen molar-refractivity contribution in [1.82, 2.24) is 0 Å². The third kappa shape index (κ3) is 1.92. The van der Waals surface area contributed by atoms with Gasteiger partial charge in [0, 0.05) is 11.5 Å². The van der Waals surface area contributed by atoms with Crippen molar-refractivity contribution >= 4 is 0 Å². The lowest BCUT2D eigenvalue weighted by molar-refractivity contribution is 0.278. The van der Waals surface area contributed by atoms with Crippen molar-refractivity contribution in [3.05, 3.63) is 30.7 Å². The Morgan fingerprint density at radius 3 is 2.77 bits per heavy atom. The third-order valence-corrected chi connectivity index (χ3v) is 1.89. The van der Waals surface area contributed by atoms with Crippen molar-refractivity contribution in [3.8, 4) is 11.5 Å². The normalized spacial score (nSPS) is 12.5. The number of hydrogen-bond donors (Lipinski definition) is 2. The van der Waals surface area contributed by atoms with Crippen LogP contribution in [0, 0.1) is 6.92 Å². The second-order valence-electron chi connectivity index (χ2n) is 2.78. The molecule has 1 radical (unpaired) electrons. The molecule has 0 fully saturated rings. The first-order valence-electron chi connectivity index (χ1n) is 4.00. The molecule has 0 aliphatic carbocycles. The molecule has 13 heavy (non-hydrogen) atoms. The number of phenols is 1. The molecule has 0 saturated carbocycles. The van der Waals surface area contributed by atoms with Gasteiger partial charge in [-0.05, 0) is 13.0 Å². The number of rotatable bonds is 3.